The zero-order chi connectivity index (χ0) is 31.0. The SMILES string of the molecule is C#C.CC.CCCCOC(C)O.CCCCOC(C)O.O=C(O)C[C@H]1CCC[C@@H]1/C=C/CCCc1ccccc1. The summed E-state index contributed by atoms with van der Waals surface area (Å²) in [5, 5.41) is 26.0. The van der Waals surface area contributed by atoms with Gasteiger partial charge in [-0.15, -0.1) is 12.8 Å². The van der Waals surface area contributed by atoms with Crippen LogP contribution in [0.4, 0.5) is 0 Å². The van der Waals surface area contributed by atoms with E-state index in [2.05, 4.69) is 63.1 Å². The summed E-state index contributed by atoms with van der Waals surface area (Å²) in [5.41, 5.74) is 1.39. The monoisotopic (exact) mass is 564 g/mol. The summed E-state index contributed by atoms with van der Waals surface area (Å²) in [7, 11) is 0. The van der Waals surface area contributed by atoms with Crippen LogP contribution < -0.4 is 0 Å². The predicted octanol–water partition coefficient (Wildman–Crippen LogP) is 8.01. The molecule has 1 fully saturated rings. The molecule has 232 valence electrons. The number of terminal acetylenes is 1. The molecule has 4 atom stereocenters. The number of carbonyl (C=O) groups is 1. The first-order chi connectivity index (χ1) is 19.3. The van der Waals surface area contributed by atoms with Crippen molar-refractivity contribution < 1.29 is 29.6 Å². The van der Waals surface area contributed by atoms with Gasteiger partial charge in [0.1, 0.15) is 0 Å². The van der Waals surface area contributed by atoms with Crippen molar-refractivity contribution in [3.8, 4) is 12.8 Å². The summed E-state index contributed by atoms with van der Waals surface area (Å²) in [6, 6.07) is 10.6. The van der Waals surface area contributed by atoms with E-state index < -0.39 is 18.5 Å². The lowest BCUT2D eigenvalue weighted by Gasteiger charge is -2.13. The Morgan fingerprint density at radius 2 is 1.48 bits per heavy atom. The number of aliphatic hydroxyl groups excluding tert-OH is 2. The largest absolute Gasteiger partial charge is 0.481 e. The van der Waals surface area contributed by atoms with Gasteiger partial charge >= 0.3 is 5.97 Å². The molecule has 0 spiro atoms. The molecular formula is C34H60O6. The van der Waals surface area contributed by atoms with E-state index in [1.807, 2.05) is 19.9 Å². The standard InChI is InChI=1S/C18H24O2.2C6H14O2.C2H6.C2H2/c19-18(20)14-17-13-7-12-16(17)11-6-2-5-10-15-8-3-1-4-9-15;2*1-3-4-5-8-6(2)7;2*1-2/h1,3-4,6,8-9,11,16-17H,2,5,7,10,12-14H2,(H,19,20);2*6-7H,3-5H2,1-2H3;1-2H3;1-2H/b11-6+;;;;/t16-,17+;;;;/m0..../s1. The van der Waals surface area contributed by atoms with Crippen molar-refractivity contribution in [2.45, 2.75) is 125 Å². The van der Waals surface area contributed by atoms with Crippen LogP contribution in [0.3, 0.4) is 0 Å². The van der Waals surface area contributed by atoms with E-state index in [0.29, 0.717) is 31.5 Å². The van der Waals surface area contributed by atoms with E-state index in [9.17, 15) is 4.79 Å². The zero-order valence-corrected chi connectivity index (χ0v) is 26.3. The van der Waals surface area contributed by atoms with E-state index >= 15 is 0 Å². The fourth-order valence-electron chi connectivity index (χ4n) is 3.93. The number of aliphatic hydroxyl groups is 2. The molecule has 1 aliphatic carbocycles. The molecule has 1 aromatic carbocycles. The Morgan fingerprint density at radius 3 is 1.93 bits per heavy atom. The normalized spacial score (nSPS) is 16.9. The highest BCUT2D eigenvalue weighted by Crippen LogP contribution is 2.35. The number of allylic oxidation sites excluding steroid dienone is 2. The van der Waals surface area contributed by atoms with E-state index in [1.54, 1.807) is 13.8 Å². The minimum atomic E-state index is -0.653. The average Bonchev–Trinajstić information content (AvgIpc) is 3.38. The number of ether oxygens (including phenoxy) is 2. The van der Waals surface area contributed by atoms with Crippen molar-refractivity contribution in [3.63, 3.8) is 0 Å². The average molecular weight is 565 g/mol. The van der Waals surface area contributed by atoms with Gasteiger partial charge in [0.25, 0.3) is 0 Å². The van der Waals surface area contributed by atoms with Crippen molar-refractivity contribution >= 4 is 5.97 Å². The minimum absolute atomic E-state index is 0.332. The molecule has 0 bridgehead atoms. The van der Waals surface area contributed by atoms with Gasteiger partial charge in [-0.2, -0.15) is 0 Å². The second kappa shape index (κ2) is 33.0. The topological polar surface area (TPSA) is 96.2 Å². The van der Waals surface area contributed by atoms with Crippen molar-refractivity contribution in [2.24, 2.45) is 11.8 Å². The van der Waals surface area contributed by atoms with Gasteiger partial charge in [-0.25, -0.2) is 0 Å². The van der Waals surface area contributed by atoms with Crippen LogP contribution in [0.1, 0.15) is 111 Å². The third-order valence-corrected chi connectivity index (χ3v) is 5.93. The summed E-state index contributed by atoms with van der Waals surface area (Å²) >= 11 is 0. The third kappa shape index (κ3) is 30.4. The molecule has 0 radical (unpaired) electrons. The molecule has 1 aliphatic rings. The fourth-order valence-corrected chi connectivity index (χ4v) is 3.93. The van der Waals surface area contributed by atoms with Crippen molar-refractivity contribution in [1.29, 1.82) is 0 Å². The van der Waals surface area contributed by atoms with Gasteiger partial charge in [-0.05, 0) is 76.2 Å². The highest BCUT2D eigenvalue weighted by atomic mass is 16.6. The number of carboxylic acids is 1. The lowest BCUT2D eigenvalue weighted by molar-refractivity contribution is -0.138. The molecule has 40 heavy (non-hydrogen) atoms. The number of unbranched alkanes of at least 4 members (excludes halogenated alkanes) is 3. The Kier molecular flexibility index (Phi) is 34.9. The molecule has 2 unspecified atom stereocenters. The van der Waals surface area contributed by atoms with Crippen LogP contribution in [-0.4, -0.2) is 47.1 Å². The summed E-state index contributed by atoms with van der Waals surface area (Å²) in [5.74, 6) is 0.195. The van der Waals surface area contributed by atoms with Crippen LogP contribution in [0.25, 0.3) is 0 Å². The Balaban J connectivity index is -0.000000570. The smallest absolute Gasteiger partial charge is 0.303 e. The van der Waals surface area contributed by atoms with Crippen LogP contribution >= 0.6 is 0 Å². The fraction of sp³-hybridized carbons (Fsp3) is 0.676. The molecule has 1 saturated carbocycles. The summed E-state index contributed by atoms with van der Waals surface area (Å²) in [6.45, 7) is 12.8. The summed E-state index contributed by atoms with van der Waals surface area (Å²) < 4.78 is 9.68. The quantitative estimate of drug-likeness (QED) is 0.0864. The first kappa shape index (κ1) is 42.3. The Labute approximate surface area is 246 Å². The second-order valence-corrected chi connectivity index (χ2v) is 9.41. The molecule has 3 N–H and O–H groups in total. The van der Waals surface area contributed by atoms with Gasteiger partial charge in [0.15, 0.2) is 12.6 Å². The van der Waals surface area contributed by atoms with E-state index in [4.69, 9.17) is 24.8 Å². The molecule has 0 amide bonds. The highest BCUT2D eigenvalue weighted by molar-refractivity contribution is 5.67. The molecule has 0 heterocycles. The predicted molar refractivity (Wildman–Crippen MR) is 168 cm³/mol. The number of hydrogen-bond acceptors (Lipinski definition) is 5. The first-order valence-corrected chi connectivity index (χ1v) is 15.1. The molecule has 0 aromatic heterocycles. The molecule has 0 saturated heterocycles. The van der Waals surface area contributed by atoms with Crippen molar-refractivity contribution in [2.75, 3.05) is 13.2 Å². The number of aryl methyl sites for hydroxylation is 1. The van der Waals surface area contributed by atoms with Gasteiger partial charge in [-0.3, -0.25) is 4.79 Å². The summed E-state index contributed by atoms with van der Waals surface area (Å²) in [6.07, 6.45) is 22.8. The molecular weight excluding hydrogens is 504 g/mol. The number of benzene rings is 1. The maximum Gasteiger partial charge on any atom is 0.303 e. The lowest BCUT2D eigenvalue weighted by Crippen LogP contribution is -2.10. The number of rotatable bonds is 15. The zero-order valence-electron chi connectivity index (χ0n) is 26.3. The van der Waals surface area contributed by atoms with Gasteiger partial charge < -0.3 is 24.8 Å². The number of hydrogen-bond donors (Lipinski definition) is 3. The molecule has 2 rings (SSSR count). The van der Waals surface area contributed by atoms with Gasteiger partial charge in [-0.1, -0.05) is 89.4 Å². The van der Waals surface area contributed by atoms with E-state index in [-0.39, 0.29) is 0 Å². The maximum absolute atomic E-state index is 10.8. The Morgan fingerprint density at radius 1 is 0.950 bits per heavy atom. The van der Waals surface area contributed by atoms with Crippen molar-refractivity contribution in [1.82, 2.24) is 0 Å². The lowest BCUT2D eigenvalue weighted by atomic mass is 9.92. The molecule has 6 heteroatoms. The molecule has 0 aliphatic heterocycles. The Hall–Kier alpha value is -2.17. The first-order valence-electron chi connectivity index (χ1n) is 15.1. The third-order valence-electron chi connectivity index (χ3n) is 5.93. The van der Waals surface area contributed by atoms with Crippen LogP contribution in [0.5, 0.6) is 0 Å². The Bertz CT molecular complexity index is 670. The van der Waals surface area contributed by atoms with Crippen LogP contribution in [0, 0.1) is 24.7 Å². The number of aliphatic carboxylic acids is 1. The van der Waals surface area contributed by atoms with Crippen LogP contribution in [0.2, 0.25) is 0 Å². The van der Waals surface area contributed by atoms with Gasteiger partial charge in [0.05, 0.1) is 0 Å². The highest BCUT2D eigenvalue weighted by Gasteiger charge is 2.26. The van der Waals surface area contributed by atoms with E-state index in [0.717, 1.165) is 57.8 Å². The van der Waals surface area contributed by atoms with Crippen LogP contribution in [0.15, 0.2) is 42.5 Å². The molecule has 1 aromatic rings. The second-order valence-electron chi connectivity index (χ2n) is 9.41. The van der Waals surface area contributed by atoms with Gasteiger partial charge in [0, 0.05) is 19.6 Å². The van der Waals surface area contributed by atoms with E-state index in [1.165, 1.54) is 12.0 Å². The summed E-state index contributed by atoms with van der Waals surface area (Å²) in [4.78, 5) is 10.8. The maximum atomic E-state index is 10.8. The van der Waals surface area contributed by atoms with Crippen molar-refractivity contribution in [3.05, 3.63) is 48.0 Å². The molecule has 6 nitrogen and oxygen atoms in total. The number of carboxylic acid groups (broad SMARTS) is 1. The van der Waals surface area contributed by atoms with Crippen LogP contribution in [-0.2, 0) is 20.7 Å². The minimum Gasteiger partial charge on any atom is -0.481 e. The van der Waals surface area contributed by atoms with Gasteiger partial charge in [0.2, 0.25) is 0 Å².